The summed E-state index contributed by atoms with van der Waals surface area (Å²) in [4.78, 5) is 35.4. The first-order valence-corrected chi connectivity index (χ1v) is 10.5. The van der Waals surface area contributed by atoms with Gasteiger partial charge in [-0.15, -0.1) is 0 Å². The predicted octanol–water partition coefficient (Wildman–Crippen LogP) is 1.58. The summed E-state index contributed by atoms with van der Waals surface area (Å²) in [6, 6.07) is 7.64. The fourth-order valence-corrected chi connectivity index (χ4v) is 4.39. The Kier molecular flexibility index (Phi) is 5.94. The van der Waals surface area contributed by atoms with Gasteiger partial charge < -0.3 is 10.2 Å². The standard InChI is InChI=1S/C22H29N5O2/c1-23-22(26-15-10-17(16-26)25-12-6-7-13-25)24-11-4-5-14-27-20(28)18-8-2-3-9-19(18)21(27)29/h2-3,6-9,17H,4-5,10-16H2,1H3,(H,23,24). The van der Waals surface area contributed by atoms with Crippen molar-refractivity contribution in [1.82, 2.24) is 20.0 Å². The largest absolute Gasteiger partial charge is 0.356 e. The Hall–Kier alpha value is -2.67. The molecule has 0 saturated carbocycles. The molecule has 1 aromatic rings. The molecule has 0 spiro atoms. The first-order valence-electron chi connectivity index (χ1n) is 10.5. The zero-order valence-corrected chi connectivity index (χ0v) is 17.0. The fraction of sp³-hybridized carbons (Fsp3) is 0.500. The lowest BCUT2D eigenvalue weighted by molar-refractivity contribution is 0.0652. The molecule has 1 atom stereocenters. The summed E-state index contributed by atoms with van der Waals surface area (Å²) in [6.07, 6.45) is 7.30. The van der Waals surface area contributed by atoms with Crippen LogP contribution in [-0.2, 0) is 0 Å². The summed E-state index contributed by atoms with van der Waals surface area (Å²) < 4.78 is 0. The Labute approximate surface area is 172 Å². The van der Waals surface area contributed by atoms with E-state index in [1.165, 1.54) is 11.3 Å². The SMILES string of the molecule is CN=C(NCCCCN1C(=O)c2ccccc2C1=O)N1CCC(N2CC=CC2)C1. The minimum atomic E-state index is -0.172. The topological polar surface area (TPSA) is 68.2 Å². The number of carbonyl (C=O) groups excluding carboxylic acids is 2. The number of amides is 2. The van der Waals surface area contributed by atoms with Gasteiger partial charge in [-0.25, -0.2) is 0 Å². The normalized spacial score (nSPS) is 22.1. The number of carbonyl (C=O) groups is 2. The van der Waals surface area contributed by atoms with Crippen molar-refractivity contribution < 1.29 is 9.59 Å². The van der Waals surface area contributed by atoms with Gasteiger partial charge in [0.2, 0.25) is 0 Å². The molecule has 1 fully saturated rings. The number of rotatable bonds is 6. The summed E-state index contributed by atoms with van der Waals surface area (Å²) in [5, 5.41) is 3.44. The predicted molar refractivity (Wildman–Crippen MR) is 113 cm³/mol. The molecular formula is C22H29N5O2. The Morgan fingerprint density at radius 1 is 1.10 bits per heavy atom. The van der Waals surface area contributed by atoms with Crippen LogP contribution in [0.1, 0.15) is 40.0 Å². The lowest BCUT2D eigenvalue weighted by Gasteiger charge is -2.25. The van der Waals surface area contributed by atoms with Crippen LogP contribution in [0.15, 0.2) is 41.4 Å². The molecule has 0 aromatic heterocycles. The van der Waals surface area contributed by atoms with Crippen LogP contribution in [0.5, 0.6) is 0 Å². The number of guanidine groups is 1. The van der Waals surface area contributed by atoms with Crippen molar-refractivity contribution in [2.24, 2.45) is 4.99 Å². The molecule has 3 aliphatic rings. The average molecular weight is 396 g/mol. The Bertz CT molecular complexity index is 791. The van der Waals surface area contributed by atoms with Gasteiger partial charge >= 0.3 is 0 Å². The van der Waals surface area contributed by atoms with E-state index >= 15 is 0 Å². The highest BCUT2D eigenvalue weighted by atomic mass is 16.2. The number of benzene rings is 1. The van der Waals surface area contributed by atoms with E-state index in [0.717, 1.165) is 51.5 Å². The summed E-state index contributed by atoms with van der Waals surface area (Å²) >= 11 is 0. The number of aliphatic imine (C=N–C) groups is 1. The fourth-order valence-electron chi connectivity index (χ4n) is 4.39. The van der Waals surface area contributed by atoms with Gasteiger partial charge in [-0.1, -0.05) is 24.3 Å². The van der Waals surface area contributed by atoms with E-state index in [0.29, 0.717) is 23.7 Å². The van der Waals surface area contributed by atoms with Crippen molar-refractivity contribution in [3.8, 4) is 0 Å². The second kappa shape index (κ2) is 8.78. The highest BCUT2D eigenvalue weighted by Crippen LogP contribution is 2.22. The molecule has 2 amide bonds. The zero-order valence-electron chi connectivity index (χ0n) is 17.0. The Balaban J connectivity index is 1.19. The van der Waals surface area contributed by atoms with Crippen molar-refractivity contribution in [2.75, 3.05) is 46.3 Å². The van der Waals surface area contributed by atoms with Gasteiger partial charge in [0.15, 0.2) is 5.96 Å². The molecule has 1 N–H and O–H groups in total. The van der Waals surface area contributed by atoms with Crippen LogP contribution in [0.25, 0.3) is 0 Å². The number of hydrogen-bond donors (Lipinski definition) is 1. The van der Waals surface area contributed by atoms with Crippen molar-refractivity contribution in [2.45, 2.75) is 25.3 Å². The van der Waals surface area contributed by atoms with Crippen LogP contribution in [0.4, 0.5) is 0 Å². The van der Waals surface area contributed by atoms with Gasteiger partial charge in [0.25, 0.3) is 11.8 Å². The molecule has 0 radical (unpaired) electrons. The maximum absolute atomic E-state index is 12.4. The molecule has 0 bridgehead atoms. The molecule has 1 saturated heterocycles. The van der Waals surface area contributed by atoms with Gasteiger partial charge in [0.1, 0.15) is 0 Å². The van der Waals surface area contributed by atoms with E-state index in [2.05, 4.69) is 32.3 Å². The molecule has 7 nitrogen and oxygen atoms in total. The number of imide groups is 1. The number of nitrogens with one attached hydrogen (secondary N) is 1. The average Bonchev–Trinajstić information content (AvgIpc) is 3.48. The smallest absolute Gasteiger partial charge is 0.261 e. The Morgan fingerprint density at radius 3 is 2.45 bits per heavy atom. The first-order chi connectivity index (χ1) is 14.2. The first kappa shape index (κ1) is 19.6. The number of nitrogens with zero attached hydrogens (tertiary/aromatic N) is 4. The molecule has 0 aliphatic carbocycles. The quantitative estimate of drug-likeness (QED) is 0.260. The lowest BCUT2D eigenvalue weighted by Crippen LogP contribution is -2.43. The molecule has 1 unspecified atom stereocenters. The van der Waals surface area contributed by atoms with Gasteiger partial charge in [-0.2, -0.15) is 0 Å². The minimum Gasteiger partial charge on any atom is -0.356 e. The zero-order chi connectivity index (χ0) is 20.2. The summed E-state index contributed by atoms with van der Waals surface area (Å²) in [7, 11) is 1.83. The third-order valence-corrected chi connectivity index (χ3v) is 6.01. The number of likely N-dealkylation sites (tertiary alicyclic amines) is 1. The van der Waals surface area contributed by atoms with Crippen LogP contribution in [0.2, 0.25) is 0 Å². The summed E-state index contributed by atoms with van der Waals surface area (Å²) in [5.74, 6) is 0.600. The highest BCUT2D eigenvalue weighted by Gasteiger charge is 2.34. The van der Waals surface area contributed by atoms with Crippen LogP contribution >= 0.6 is 0 Å². The molecule has 7 heteroatoms. The molecule has 3 heterocycles. The van der Waals surface area contributed by atoms with Crippen LogP contribution in [0.3, 0.4) is 0 Å². The molecule has 3 aliphatic heterocycles. The van der Waals surface area contributed by atoms with Gasteiger partial charge in [0.05, 0.1) is 11.1 Å². The molecule has 154 valence electrons. The van der Waals surface area contributed by atoms with Crippen molar-refractivity contribution in [1.29, 1.82) is 0 Å². The third kappa shape index (κ3) is 4.05. The van der Waals surface area contributed by atoms with Gasteiger partial charge in [-0.05, 0) is 31.4 Å². The lowest BCUT2D eigenvalue weighted by atomic mass is 10.1. The van der Waals surface area contributed by atoms with E-state index in [-0.39, 0.29) is 11.8 Å². The monoisotopic (exact) mass is 395 g/mol. The van der Waals surface area contributed by atoms with Gasteiger partial charge in [0, 0.05) is 52.4 Å². The molecular weight excluding hydrogens is 366 g/mol. The van der Waals surface area contributed by atoms with E-state index < -0.39 is 0 Å². The van der Waals surface area contributed by atoms with Gasteiger partial charge in [-0.3, -0.25) is 24.4 Å². The minimum absolute atomic E-state index is 0.172. The highest BCUT2D eigenvalue weighted by molar-refractivity contribution is 6.21. The molecule has 1 aromatic carbocycles. The molecule has 4 rings (SSSR count). The van der Waals surface area contributed by atoms with E-state index in [1.807, 2.05) is 7.05 Å². The number of fused-ring (bicyclic) bond motifs is 1. The van der Waals surface area contributed by atoms with Crippen LogP contribution in [0, 0.1) is 0 Å². The van der Waals surface area contributed by atoms with Crippen molar-refractivity contribution >= 4 is 17.8 Å². The summed E-state index contributed by atoms with van der Waals surface area (Å²) in [5.41, 5.74) is 1.04. The van der Waals surface area contributed by atoms with Crippen LogP contribution in [-0.4, -0.2) is 84.8 Å². The number of unbranched alkanes of at least 4 members (excludes halogenated alkanes) is 1. The van der Waals surface area contributed by atoms with E-state index in [4.69, 9.17) is 0 Å². The number of hydrogen-bond acceptors (Lipinski definition) is 4. The second-order valence-electron chi connectivity index (χ2n) is 7.80. The maximum Gasteiger partial charge on any atom is 0.261 e. The second-order valence-corrected chi connectivity index (χ2v) is 7.80. The van der Waals surface area contributed by atoms with E-state index in [1.54, 1.807) is 24.3 Å². The molecule has 29 heavy (non-hydrogen) atoms. The van der Waals surface area contributed by atoms with E-state index in [9.17, 15) is 9.59 Å². The maximum atomic E-state index is 12.4. The van der Waals surface area contributed by atoms with Crippen LogP contribution < -0.4 is 5.32 Å². The van der Waals surface area contributed by atoms with Crippen molar-refractivity contribution in [3.63, 3.8) is 0 Å². The Morgan fingerprint density at radius 2 is 1.79 bits per heavy atom. The van der Waals surface area contributed by atoms with Crippen molar-refractivity contribution in [3.05, 3.63) is 47.5 Å². The summed E-state index contributed by atoms with van der Waals surface area (Å²) in [6.45, 7) is 5.39. The third-order valence-electron chi connectivity index (χ3n) is 6.01.